The van der Waals surface area contributed by atoms with Gasteiger partial charge in [0.1, 0.15) is 5.82 Å². The molecule has 0 fully saturated rings. The number of imidazole rings is 1. The van der Waals surface area contributed by atoms with E-state index in [1.54, 1.807) is 0 Å². The zero-order valence-corrected chi connectivity index (χ0v) is 12.2. The lowest BCUT2D eigenvalue weighted by atomic mass is 10.0. The second kappa shape index (κ2) is 6.73. The van der Waals surface area contributed by atoms with Crippen molar-refractivity contribution in [2.75, 3.05) is 6.54 Å². The van der Waals surface area contributed by atoms with Crippen LogP contribution in [0.4, 0.5) is 0 Å². The fraction of sp³-hybridized carbons (Fsp3) is 0.400. The van der Waals surface area contributed by atoms with Crippen molar-refractivity contribution in [1.29, 1.82) is 0 Å². The molecule has 0 aliphatic heterocycles. The van der Waals surface area contributed by atoms with E-state index in [4.69, 9.17) is 11.6 Å². The molecule has 4 heteroatoms. The molecule has 2 aromatic rings. The average molecular weight is 278 g/mol. The molecule has 0 radical (unpaired) electrons. The fourth-order valence-electron chi connectivity index (χ4n) is 2.28. The van der Waals surface area contributed by atoms with Gasteiger partial charge in [-0.2, -0.15) is 0 Å². The molecule has 0 spiro atoms. The van der Waals surface area contributed by atoms with E-state index < -0.39 is 0 Å². The highest BCUT2D eigenvalue weighted by molar-refractivity contribution is 6.31. The summed E-state index contributed by atoms with van der Waals surface area (Å²) in [5.41, 5.74) is 1.17. The Kier molecular flexibility index (Phi) is 5.00. The molecule has 3 nitrogen and oxygen atoms in total. The summed E-state index contributed by atoms with van der Waals surface area (Å²) in [4.78, 5) is 4.37. The first-order valence-electron chi connectivity index (χ1n) is 6.66. The van der Waals surface area contributed by atoms with E-state index in [2.05, 4.69) is 27.9 Å². The van der Waals surface area contributed by atoms with Gasteiger partial charge in [-0.1, -0.05) is 36.7 Å². The van der Waals surface area contributed by atoms with E-state index in [-0.39, 0.29) is 6.04 Å². The Labute approximate surface area is 119 Å². The summed E-state index contributed by atoms with van der Waals surface area (Å²) < 4.78 is 2.07. The zero-order valence-electron chi connectivity index (χ0n) is 11.4. The average Bonchev–Trinajstić information content (AvgIpc) is 2.81. The van der Waals surface area contributed by atoms with Gasteiger partial charge in [0.15, 0.2) is 0 Å². The second-order valence-electron chi connectivity index (χ2n) is 4.62. The van der Waals surface area contributed by atoms with Crippen LogP contribution in [-0.2, 0) is 13.5 Å². The molecule has 102 valence electrons. The molecule has 0 bridgehead atoms. The molecule has 0 aliphatic rings. The molecule has 19 heavy (non-hydrogen) atoms. The van der Waals surface area contributed by atoms with Crippen molar-refractivity contribution in [3.8, 4) is 0 Å². The van der Waals surface area contributed by atoms with Crippen molar-refractivity contribution in [1.82, 2.24) is 14.9 Å². The highest BCUT2D eigenvalue weighted by atomic mass is 35.5. The van der Waals surface area contributed by atoms with Gasteiger partial charge in [-0.15, -0.1) is 0 Å². The van der Waals surface area contributed by atoms with Crippen LogP contribution in [0.5, 0.6) is 0 Å². The Bertz CT molecular complexity index is 522. The van der Waals surface area contributed by atoms with Gasteiger partial charge in [-0.25, -0.2) is 4.98 Å². The number of benzene rings is 1. The van der Waals surface area contributed by atoms with Crippen LogP contribution >= 0.6 is 11.6 Å². The maximum atomic E-state index is 6.29. The van der Waals surface area contributed by atoms with Crippen molar-refractivity contribution in [3.63, 3.8) is 0 Å². The van der Waals surface area contributed by atoms with Crippen LogP contribution in [0.3, 0.4) is 0 Å². The van der Waals surface area contributed by atoms with E-state index >= 15 is 0 Å². The number of aryl methyl sites for hydroxylation is 2. The predicted octanol–water partition coefficient (Wildman–Crippen LogP) is 3.36. The molecule has 1 heterocycles. The van der Waals surface area contributed by atoms with Gasteiger partial charge in [0.2, 0.25) is 0 Å². The van der Waals surface area contributed by atoms with Gasteiger partial charge in [0.25, 0.3) is 0 Å². The first kappa shape index (κ1) is 14.1. The van der Waals surface area contributed by atoms with Gasteiger partial charge < -0.3 is 9.88 Å². The topological polar surface area (TPSA) is 29.9 Å². The molecule has 1 atom stereocenters. The van der Waals surface area contributed by atoms with Gasteiger partial charge in [0, 0.05) is 36.9 Å². The smallest absolute Gasteiger partial charge is 0.108 e. The first-order chi connectivity index (χ1) is 9.22. The summed E-state index contributed by atoms with van der Waals surface area (Å²) in [6, 6.07) is 8.31. The molecule has 1 aromatic carbocycles. The van der Waals surface area contributed by atoms with Crippen molar-refractivity contribution in [2.45, 2.75) is 25.8 Å². The standard InChI is InChI=1S/C15H20ClN3/c1-3-17-14(12-6-4-5-7-13(12)16)8-9-15-18-10-11-19(15)2/h4-7,10-11,14,17H,3,8-9H2,1-2H3. The van der Waals surface area contributed by atoms with Crippen LogP contribution in [-0.4, -0.2) is 16.1 Å². The van der Waals surface area contributed by atoms with Crippen LogP contribution in [0.2, 0.25) is 5.02 Å². The molecule has 1 aromatic heterocycles. The van der Waals surface area contributed by atoms with E-state index in [0.29, 0.717) is 0 Å². The van der Waals surface area contributed by atoms with Gasteiger partial charge in [-0.3, -0.25) is 0 Å². The lowest BCUT2D eigenvalue weighted by Crippen LogP contribution is -2.22. The molecule has 0 saturated heterocycles. The normalized spacial score (nSPS) is 12.6. The summed E-state index contributed by atoms with van der Waals surface area (Å²) in [7, 11) is 2.03. The summed E-state index contributed by atoms with van der Waals surface area (Å²) in [5, 5.41) is 4.33. The maximum absolute atomic E-state index is 6.29. The number of nitrogens with zero attached hydrogens (tertiary/aromatic N) is 2. The zero-order chi connectivity index (χ0) is 13.7. The van der Waals surface area contributed by atoms with Gasteiger partial charge in [0.05, 0.1) is 0 Å². The third kappa shape index (κ3) is 3.58. The van der Waals surface area contributed by atoms with Crippen molar-refractivity contribution < 1.29 is 0 Å². The quantitative estimate of drug-likeness (QED) is 0.877. The molecule has 0 saturated carbocycles. The monoisotopic (exact) mass is 277 g/mol. The number of halogens is 1. The predicted molar refractivity (Wildman–Crippen MR) is 79.4 cm³/mol. The molecular weight excluding hydrogens is 258 g/mol. The number of nitrogens with one attached hydrogen (secondary N) is 1. The number of hydrogen-bond donors (Lipinski definition) is 1. The van der Waals surface area contributed by atoms with E-state index in [1.165, 1.54) is 5.56 Å². The second-order valence-corrected chi connectivity index (χ2v) is 5.03. The van der Waals surface area contributed by atoms with Crippen molar-refractivity contribution in [2.24, 2.45) is 7.05 Å². The third-order valence-corrected chi connectivity index (χ3v) is 3.65. The molecule has 1 N–H and O–H groups in total. The minimum atomic E-state index is 0.274. The third-order valence-electron chi connectivity index (χ3n) is 3.31. The van der Waals surface area contributed by atoms with Gasteiger partial charge >= 0.3 is 0 Å². The van der Waals surface area contributed by atoms with Crippen LogP contribution in [0, 0.1) is 0 Å². The first-order valence-corrected chi connectivity index (χ1v) is 7.04. The Balaban J connectivity index is 2.09. The number of hydrogen-bond acceptors (Lipinski definition) is 2. The van der Waals surface area contributed by atoms with Gasteiger partial charge in [-0.05, 0) is 24.6 Å². The summed E-state index contributed by atoms with van der Waals surface area (Å²) >= 11 is 6.29. The van der Waals surface area contributed by atoms with Crippen molar-refractivity contribution in [3.05, 3.63) is 53.1 Å². The molecule has 2 rings (SSSR count). The molecular formula is C15H20ClN3. The van der Waals surface area contributed by atoms with E-state index in [1.807, 2.05) is 37.6 Å². The SMILES string of the molecule is CCNC(CCc1nccn1C)c1ccccc1Cl. The number of rotatable bonds is 6. The Morgan fingerprint density at radius 3 is 2.79 bits per heavy atom. The molecule has 1 unspecified atom stereocenters. The van der Waals surface area contributed by atoms with E-state index in [9.17, 15) is 0 Å². The Hall–Kier alpha value is -1.32. The summed E-state index contributed by atoms with van der Waals surface area (Å²) in [5.74, 6) is 1.11. The minimum Gasteiger partial charge on any atom is -0.338 e. The molecule has 0 aliphatic carbocycles. The van der Waals surface area contributed by atoms with Crippen LogP contribution in [0.25, 0.3) is 0 Å². The Morgan fingerprint density at radius 2 is 2.16 bits per heavy atom. The lowest BCUT2D eigenvalue weighted by Gasteiger charge is -2.19. The largest absolute Gasteiger partial charge is 0.338 e. The highest BCUT2D eigenvalue weighted by Crippen LogP contribution is 2.25. The van der Waals surface area contributed by atoms with Crippen LogP contribution < -0.4 is 5.32 Å². The minimum absolute atomic E-state index is 0.274. The summed E-state index contributed by atoms with van der Waals surface area (Å²) in [6.07, 6.45) is 5.75. The highest BCUT2D eigenvalue weighted by Gasteiger charge is 2.14. The van der Waals surface area contributed by atoms with E-state index in [0.717, 1.165) is 30.2 Å². The Morgan fingerprint density at radius 1 is 1.37 bits per heavy atom. The van der Waals surface area contributed by atoms with Crippen molar-refractivity contribution >= 4 is 11.6 Å². The summed E-state index contributed by atoms with van der Waals surface area (Å²) in [6.45, 7) is 3.04. The number of aromatic nitrogens is 2. The van der Waals surface area contributed by atoms with Crippen LogP contribution in [0.1, 0.15) is 30.8 Å². The molecule has 0 amide bonds. The fourth-order valence-corrected chi connectivity index (χ4v) is 2.55. The van der Waals surface area contributed by atoms with Crippen LogP contribution in [0.15, 0.2) is 36.7 Å². The maximum Gasteiger partial charge on any atom is 0.108 e. The lowest BCUT2D eigenvalue weighted by molar-refractivity contribution is 0.506.